The van der Waals surface area contributed by atoms with Gasteiger partial charge in [-0.05, 0) is 31.7 Å². The predicted octanol–water partition coefficient (Wildman–Crippen LogP) is 1.56. The van der Waals surface area contributed by atoms with Crippen LogP contribution in [0.4, 0.5) is 0 Å². The molecule has 1 saturated heterocycles. The summed E-state index contributed by atoms with van der Waals surface area (Å²) < 4.78 is 11.1. The van der Waals surface area contributed by atoms with Gasteiger partial charge in [-0.1, -0.05) is 6.07 Å². The van der Waals surface area contributed by atoms with Crippen LogP contribution in [0.5, 0.6) is 0 Å². The van der Waals surface area contributed by atoms with Gasteiger partial charge in [0.25, 0.3) is 0 Å². The maximum atomic E-state index is 12.0. The van der Waals surface area contributed by atoms with E-state index in [0.717, 1.165) is 39.3 Å². The van der Waals surface area contributed by atoms with Crippen molar-refractivity contribution in [3.63, 3.8) is 0 Å². The third-order valence-electron chi connectivity index (χ3n) is 4.88. The molecule has 2 rings (SSSR count). The van der Waals surface area contributed by atoms with Crippen LogP contribution in [-0.4, -0.2) is 94.4 Å². The van der Waals surface area contributed by atoms with Crippen LogP contribution in [0.15, 0.2) is 22.5 Å². The Labute approximate surface area is 184 Å². The van der Waals surface area contributed by atoms with E-state index in [9.17, 15) is 4.79 Å². The Hall–Kier alpha value is -1.68. The first kappa shape index (κ1) is 24.6. The average Bonchev–Trinajstić information content (AvgIpc) is 3.25. The molecule has 2 unspecified atom stereocenters. The molecule has 0 aliphatic carbocycles. The molecule has 8 nitrogen and oxygen atoms in total. The molecule has 0 aromatic carbocycles. The van der Waals surface area contributed by atoms with Crippen molar-refractivity contribution in [1.82, 2.24) is 20.4 Å². The van der Waals surface area contributed by atoms with Gasteiger partial charge in [0.15, 0.2) is 5.96 Å². The van der Waals surface area contributed by atoms with E-state index in [2.05, 4.69) is 45.0 Å². The minimum absolute atomic E-state index is 0.0257. The van der Waals surface area contributed by atoms with Crippen LogP contribution in [0.25, 0.3) is 0 Å². The lowest BCUT2D eigenvalue weighted by atomic mass is 10.1. The highest BCUT2D eigenvalue weighted by Crippen LogP contribution is 2.26. The first-order valence-electron chi connectivity index (χ1n) is 10.7. The molecule has 0 bridgehead atoms. The number of morpholine rings is 1. The summed E-state index contributed by atoms with van der Waals surface area (Å²) in [6.07, 6.45) is 1.11. The Bertz CT molecular complexity index is 639. The Morgan fingerprint density at radius 1 is 1.47 bits per heavy atom. The standard InChI is InChI=1S/C21H37N5O3S/c1-5-28-11-7-9-22-21(24-15-20(27)25(3)4)23-14-18(19-8-6-13-30-19)26-10-12-29-17(2)16-26/h6,8,13,17-18H,5,7,9-12,14-16H2,1-4H3,(H2,22,23,24). The molecule has 1 amide bonds. The summed E-state index contributed by atoms with van der Waals surface area (Å²) >= 11 is 1.77. The van der Waals surface area contributed by atoms with E-state index in [-0.39, 0.29) is 24.6 Å². The van der Waals surface area contributed by atoms with E-state index < -0.39 is 0 Å². The number of carbonyl (C=O) groups excluding carboxylic acids is 1. The smallest absolute Gasteiger partial charge is 0.243 e. The normalized spacial score (nSPS) is 18.8. The zero-order valence-electron chi connectivity index (χ0n) is 18.7. The number of aliphatic imine (C=N–C) groups is 1. The summed E-state index contributed by atoms with van der Waals surface area (Å²) in [7, 11) is 3.49. The fraction of sp³-hybridized carbons (Fsp3) is 0.714. The van der Waals surface area contributed by atoms with E-state index >= 15 is 0 Å². The molecule has 2 N–H and O–H groups in total. The second-order valence-electron chi connectivity index (χ2n) is 7.52. The van der Waals surface area contributed by atoms with Crippen molar-refractivity contribution in [2.45, 2.75) is 32.4 Å². The molecule has 1 aromatic rings. The van der Waals surface area contributed by atoms with Crippen LogP contribution >= 0.6 is 11.3 Å². The van der Waals surface area contributed by atoms with Crippen LogP contribution in [-0.2, 0) is 14.3 Å². The molecule has 2 heterocycles. The molecule has 1 aromatic heterocycles. The molecular formula is C21H37N5O3S. The molecule has 170 valence electrons. The van der Waals surface area contributed by atoms with E-state index in [0.29, 0.717) is 19.1 Å². The minimum Gasteiger partial charge on any atom is -0.382 e. The summed E-state index contributed by atoms with van der Waals surface area (Å²) in [5, 5.41) is 8.90. The third kappa shape index (κ3) is 8.59. The van der Waals surface area contributed by atoms with Gasteiger partial charge < -0.3 is 25.0 Å². The van der Waals surface area contributed by atoms with Gasteiger partial charge in [0.1, 0.15) is 6.54 Å². The zero-order valence-corrected chi connectivity index (χ0v) is 19.5. The number of carbonyl (C=O) groups is 1. The number of ether oxygens (including phenoxy) is 2. The van der Waals surface area contributed by atoms with Crippen molar-refractivity contribution in [2.75, 3.05) is 66.6 Å². The van der Waals surface area contributed by atoms with Gasteiger partial charge in [0.05, 0.1) is 18.8 Å². The molecule has 1 aliphatic rings. The minimum atomic E-state index is -0.0257. The van der Waals surface area contributed by atoms with Gasteiger partial charge in [-0.3, -0.25) is 9.69 Å². The molecule has 0 radical (unpaired) electrons. The molecule has 1 fully saturated rings. The van der Waals surface area contributed by atoms with E-state index in [4.69, 9.17) is 9.47 Å². The molecule has 30 heavy (non-hydrogen) atoms. The maximum Gasteiger partial charge on any atom is 0.243 e. The molecular weight excluding hydrogens is 402 g/mol. The molecule has 0 spiro atoms. The summed E-state index contributed by atoms with van der Waals surface area (Å²) in [5.74, 6) is 0.631. The fourth-order valence-electron chi connectivity index (χ4n) is 3.20. The number of amides is 1. The summed E-state index contributed by atoms with van der Waals surface area (Å²) in [6, 6.07) is 4.50. The second kappa shape index (κ2) is 13.6. The number of guanidine groups is 1. The zero-order chi connectivity index (χ0) is 21.8. The number of rotatable bonds is 11. The van der Waals surface area contributed by atoms with Gasteiger partial charge in [-0.2, -0.15) is 0 Å². The molecule has 1 aliphatic heterocycles. The van der Waals surface area contributed by atoms with Crippen LogP contribution in [0.3, 0.4) is 0 Å². The molecule has 2 atom stereocenters. The van der Waals surface area contributed by atoms with Crippen molar-refractivity contribution in [1.29, 1.82) is 0 Å². The van der Waals surface area contributed by atoms with Crippen LogP contribution in [0.1, 0.15) is 31.2 Å². The second-order valence-corrected chi connectivity index (χ2v) is 8.50. The highest BCUT2D eigenvalue weighted by atomic mass is 32.1. The van der Waals surface area contributed by atoms with Gasteiger partial charge in [0, 0.05) is 58.4 Å². The SMILES string of the molecule is CCOCCCNC(=NCC(=O)N(C)C)NCC(c1cccs1)N1CCOC(C)C1. The Morgan fingerprint density at radius 2 is 2.30 bits per heavy atom. The predicted molar refractivity (Wildman–Crippen MR) is 122 cm³/mol. The maximum absolute atomic E-state index is 12.0. The van der Waals surface area contributed by atoms with Crippen molar-refractivity contribution in [3.05, 3.63) is 22.4 Å². The van der Waals surface area contributed by atoms with Gasteiger partial charge in [-0.15, -0.1) is 11.3 Å². The Balaban J connectivity index is 2.01. The van der Waals surface area contributed by atoms with E-state index in [1.165, 1.54) is 4.88 Å². The third-order valence-corrected chi connectivity index (χ3v) is 5.85. The summed E-state index contributed by atoms with van der Waals surface area (Å²) in [4.78, 5) is 21.8. The number of likely N-dealkylation sites (N-methyl/N-ethyl adjacent to an activating group) is 1. The summed E-state index contributed by atoms with van der Waals surface area (Å²) in [5.41, 5.74) is 0. The van der Waals surface area contributed by atoms with Crippen LogP contribution < -0.4 is 10.6 Å². The van der Waals surface area contributed by atoms with E-state index in [1.54, 1.807) is 30.3 Å². The fourth-order valence-corrected chi connectivity index (χ4v) is 4.06. The number of hydrogen-bond acceptors (Lipinski definition) is 6. The van der Waals surface area contributed by atoms with Crippen molar-refractivity contribution in [3.8, 4) is 0 Å². The van der Waals surface area contributed by atoms with Crippen molar-refractivity contribution < 1.29 is 14.3 Å². The average molecular weight is 440 g/mol. The highest BCUT2D eigenvalue weighted by molar-refractivity contribution is 7.10. The van der Waals surface area contributed by atoms with Crippen molar-refractivity contribution in [2.24, 2.45) is 4.99 Å². The van der Waals surface area contributed by atoms with Gasteiger partial charge >= 0.3 is 0 Å². The summed E-state index contributed by atoms with van der Waals surface area (Å²) in [6.45, 7) is 9.65. The quantitative estimate of drug-likeness (QED) is 0.310. The number of hydrogen-bond donors (Lipinski definition) is 2. The van der Waals surface area contributed by atoms with Gasteiger partial charge in [0.2, 0.25) is 5.91 Å². The van der Waals surface area contributed by atoms with Crippen LogP contribution in [0, 0.1) is 0 Å². The Kier molecular flexibility index (Phi) is 11.1. The highest BCUT2D eigenvalue weighted by Gasteiger charge is 2.26. The lowest BCUT2D eigenvalue weighted by Gasteiger charge is -2.37. The van der Waals surface area contributed by atoms with E-state index in [1.807, 2.05) is 6.92 Å². The van der Waals surface area contributed by atoms with Gasteiger partial charge in [-0.25, -0.2) is 4.99 Å². The number of nitrogens with zero attached hydrogens (tertiary/aromatic N) is 3. The largest absolute Gasteiger partial charge is 0.382 e. The monoisotopic (exact) mass is 439 g/mol. The first-order valence-corrected chi connectivity index (χ1v) is 11.6. The Morgan fingerprint density at radius 3 is 2.97 bits per heavy atom. The molecule has 9 heteroatoms. The lowest BCUT2D eigenvalue weighted by Crippen LogP contribution is -2.48. The number of nitrogens with one attached hydrogen (secondary N) is 2. The lowest BCUT2D eigenvalue weighted by molar-refractivity contribution is -0.127. The first-order chi connectivity index (χ1) is 14.5. The number of thiophene rings is 1. The molecule has 0 saturated carbocycles. The topological polar surface area (TPSA) is 78.4 Å². The van der Waals surface area contributed by atoms with Crippen LogP contribution in [0.2, 0.25) is 0 Å². The van der Waals surface area contributed by atoms with Crippen molar-refractivity contribution >= 4 is 23.2 Å².